The van der Waals surface area contributed by atoms with Crippen molar-refractivity contribution in [2.24, 2.45) is 0 Å². The summed E-state index contributed by atoms with van der Waals surface area (Å²) in [5.74, 6) is 0. The fourth-order valence-corrected chi connectivity index (χ4v) is 1.21. The average molecular weight is 187 g/mol. The minimum atomic E-state index is -4.27. The van der Waals surface area contributed by atoms with Crippen molar-refractivity contribution in [2.75, 3.05) is 0 Å². The van der Waals surface area contributed by atoms with E-state index in [4.69, 9.17) is 0 Å². The monoisotopic (exact) mass is 187 g/mol. The first kappa shape index (κ1) is 10.1. The summed E-state index contributed by atoms with van der Waals surface area (Å²) >= 11 is 0. The first-order valence-corrected chi connectivity index (χ1v) is 4.12. The van der Waals surface area contributed by atoms with Crippen LogP contribution in [0.1, 0.15) is 24.5 Å². The molecule has 1 radical (unpaired) electrons. The van der Waals surface area contributed by atoms with Gasteiger partial charge in [-0.05, 0) is 18.1 Å². The van der Waals surface area contributed by atoms with E-state index in [0.717, 1.165) is 0 Å². The second kappa shape index (κ2) is 3.81. The van der Waals surface area contributed by atoms with Crippen LogP contribution in [0.5, 0.6) is 0 Å². The second-order valence-corrected chi connectivity index (χ2v) is 2.82. The second-order valence-electron chi connectivity index (χ2n) is 2.82. The van der Waals surface area contributed by atoms with Gasteiger partial charge in [-0.3, -0.25) is 0 Å². The molecule has 3 heteroatoms. The van der Waals surface area contributed by atoms with E-state index in [9.17, 15) is 13.2 Å². The zero-order valence-corrected chi connectivity index (χ0v) is 7.28. The van der Waals surface area contributed by atoms with Crippen LogP contribution in [0.3, 0.4) is 0 Å². The van der Waals surface area contributed by atoms with Crippen LogP contribution in [-0.2, 0) is 12.6 Å². The molecule has 0 spiro atoms. The fourth-order valence-electron chi connectivity index (χ4n) is 1.21. The van der Waals surface area contributed by atoms with Gasteiger partial charge in [0.25, 0.3) is 0 Å². The maximum Gasteiger partial charge on any atom is 0.417 e. The maximum absolute atomic E-state index is 12.3. The summed E-state index contributed by atoms with van der Waals surface area (Å²) in [4.78, 5) is 0. The molecule has 1 aromatic carbocycles. The van der Waals surface area contributed by atoms with Crippen LogP contribution >= 0.6 is 0 Å². The quantitative estimate of drug-likeness (QED) is 0.665. The lowest BCUT2D eigenvalue weighted by Gasteiger charge is -2.10. The van der Waals surface area contributed by atoms with Crippen molar-refractivity contribution in [1.29, 1.82) is 0 Å². The SMILES string of the molecule is CCCc1ccc[c]c1C(F)(F)F. The standard InChI is InChI=1S/C10H10F3/c1-2-5-8-6-3-4-7-9(8)10(11,12)13/h3-4,6H,2,5H2,1H3. The molecule has 0 amide bonds. The van der Waals surface area contributed by atoms with Gasteiger partial charge in [-0.2, -0.15) is 13.2 Å². The highest BCUT2D eigenvalue weighted by molar-refractivity contribution is 5.28. The fraction of sp³-hybridized carbons (Fsp3) is 0.400. The van der Waals surface area contributed by atoms with Crippen LogP contribution < -0.4 is 0 Å². The normalized spacial score (nSPS) is 11.7. The van der Waals surface area contributed by atoms with Crippen molar-refractivity contribution in [3.05, 3.63) is 35.4 Å². The van der Waals surface area contributed by atoms with Crippen molar-refractivity contribution in [2.45, 2.75) is 25.9 Å². The molecule has 0 bridgehead atoms. The van der Waals surface area contributed by atoms with Gasteiger partial charge in [0.05, 0.1) is 5.56 Å². The molecular weight excluding hydrogens is 177 g/mol. The van der Waals surface area contributed by atoms with Crippen LogP contribution in [-0.4, -0.2) is 0 Å². The minimum absolute atomic E-state index is 0.331. The molecule has 1 aromatic rings. The Morgan fingerprint density at radius 2 is 2.08 bits per heavy atom. The maximum atomic E-state index is 12.3. The minimum Gasteiger partial charge on any atom is -0.166 e. The predicted molar refractivity (Wildman–Crippen MR) is 44.3 cm³/mol. The molecule has 0 aromatic heterocycles. The summed E-state index contributed by atoms with van der Waals surface area (Å²) in [7, 11) is 0. The smallest absolute Gasteiger partial charge is 0.166 e. The predicted octanol–water partition coefficient (Wildman–Crippen LogP) is 3.46. The van der Waals surface area contributed by atoms with Gasteiger partial charge in [0, 0.05) is 0 Å². The Morgan fingerprint density at radius 3 is 2.62 bits per heavy atom. The molecule has 0 aliphatic rings. The Hall–Kier alpha value is -0.990. The molecule has 0 unspecified atom stereocenters. The van der Waals surface area contributed by atoms with Crippen molar-refractivity contribution < 1.29 is 13.2 Å². The van der Waals surface area contributed by atoms with Crippen molar-refractivity contribution >= 4 is 0 Å². The number of rotatable bonds is 2. The van der Waals surface area contributed by atoms with E-state index < -0.39 is 11.7 Å². The molecule has 0 aliphatic carbocycles. The summed E-state index contributed by atoms with van der Waals surface area (Å²) in [5.41, 5.74) is -0.297. The lowest BCUT2D eigenvalue weighted by Crippen LogP contribution is -2.08. The largest absolute Gasteiger partial charge is 0.417 e. The van der Waals surface area contributed by atoms with Gasteiger partial charge < -0.3 is 0 Å². The Balaban J connectivity index is 3.05. The molecular formula is C10H10F3. The van der Waals surface area contributed by atoms with Crippen molar-refractivity contribution in [3.8, 4) is 0 Å². The highest BCUT2D eigenvalue weighted by Gasteiger charge is 2.32. The number of aryl methyl sites for hydroxylation is 1. The Bertz CT molecular complexity index is 276. The van der Waals surface area contributed by atoms with Gasteiger partial charge in [-0.15, -0.1) is 0 Å². The molecule has 0 saturated heterocycles. The summed E-state index contributed by atoms with van der Waals surface area (Å²) < 4.78 is 37.0. The van der Waals surface area contributed by atoms with E-state index in [1.807, 2.05) is 6.92 Å². The van der Waals surface area contributed by atoms with Gasteiger partial charge in [0.2, 0.25) is 0 Å². The number of benzene rings is 1. The molecule has 0 nitrogen and oxygen atoms in total. The zero-order valence-electron chi connectivity index (χ0n) is 7.28. The summed E-state index contributed by atoms with van der Waals surface area (Å²) in [6.45, 7) is 1.85. The van der Waals surface area contributed by atoms with E-state index in [0.29, 0.717) is 18.4 Å². The first-order valence-electron chi connectivity index (χ1n) is 4.12. The van der Waals surface area contributed by atoms with E-state index in [1.54, 1.807) is 6.07 Å². The summed E-state index contributed by atoms with van der Waals surface area (Å²) in [6, 6.07) is 6.62. The topological polar surface area (TPSA) is 0 Å². The zero-order chi connectivity index (χ0) is 9.90. The highest BCUT2D eigenvalue weighted by atomic mass is 19.4. The highest BCUT2D eigenvalue weighted by Crippen LogP contribution is 2.31. The molecule has 0 atom stereocenters. The lowest BCUT2D eigenvalue weighted by atomic mass is 10.0. The summed E-state index contributed by atoms with van der Waals surface area (Å²) in [6.07, 6.45) is -3.11. The van der Waals surface area contributed by atoms with E-state index in [-0.39, 0.29) is 0 Å². The lowest BCUT2D eigenvalue weighted by molar-refractivity contribution is -0.138. The molecule has 1 rings (SSSR count). The number of alkyl halides is 3. The average Bonchev–Trinajstić information content (AvgIpc) is 2.04. The Labute approximate surface area is 75.4 Å². The van der Waals surface area contributed by atoms with Crippen LogP contribution in [0.25, 0.3) is 0 Å². The van der Waals surface area contributed by atoms with Crippen molar-refractivity contribution in [1.82, 2.24) is 0 Å². The third-order valence-corrected chi connectivity index (χ3v) is 1.75. The Kier molecular flexibility index (Phi) is 2.96. The van der Waals surface area contributed by atoms with Crippen LogP contribution in [0, 0.1) is 6.07 Å². The molecule has 71 valence electrons. The van der Waals surface area contributed by atoms with Crippen LogP contribution in [0.4, 0.5) is 13.2 Å². The molecule has 0 N–H and O–H groups in total. The first-order chi connectivity index (χ1) is 6.05. The number of halogens is 3. The van der Waals surface area contributed by atoms with E-state index in [2.05, 4.69) is 6.07 Å². The molecule has 0 fully saturated rings. The van der Waals surface area contributed by atoms with Gasteiger partial charge in [-0.25, -0.2) is 0 Å². The molecule has 13 heavy (non-hydrogen) atoms. The van der Waals surface area contributed by atoms with Gasteiger partial charge in [-0.1, -0.05) is 31.5 Å². The third-order valence-electron chi connectivity index (χ3n) is 1.75. The molecule has 0 aliphatic heterocycles. The van der Waals surface area contributed by atoms with Crippen LogP contribution in [0.15, 0.2) is 18.2 Å². The van der Waals surface area contributed by atoms with Gasteiger partial charge >= 0.3 is 6.18 Å². The van der Waals surface area contributed by atoms with E-state index >= 15 is 0 Å². The Morgan fingerprint density at radius 1 is 1.38 bits per heavy atom. The van der Waals surface area contributed by atoms with E-state index in [1.165, 1.54) is 12.1 Å². The van der Waals surface area contributed by atoms with Gasteiger partial charge in [0.1, 0.15) is 0 Å². The number of hydrogen-bond acceptors (Lipinski definition) is 0. The molecule has 0 saturated carbocycles. The van der Waals surface area contributed by atoms with Crippen LogP contribution in [0.2, 0.25) is 0 Å². The third kappa shape index (κ3) is 2.47. The summed E-state index contributed by atoms with van der Waals surface area (Å²) in [5, 5.41) is 0. The van der Waals surface area contributed by atoms with Crippen molar-refractivity contribution in [3.63, 3.8) is 0 Å². The molecule has 0 heterocycles. The number of hydrogen-bond donors (Lipinski definition) is 0. The van der Waals surface area contributed by atoms with Gasteiger partial charge in [0.15, 0.2) is 0 Å².